The van der Waals surface area contributed by atoms with Gasteiger partial charge in [0.25, 0.3) is 0 Å². The van der Waals surface area contributed by atoms with Gasteiger partial charge in [0, 0.05) is 37.1 Å². The standard InChI is InChI=1S/C22H24ClN5O/c23-18-8-3-1-6-16(18)21-25-19-9-4-2-7-17(19)20(26-21)10-5-11-27-12-14-28(15-13-27)22(24)29/h1-4,6-9H,5,10-15H2,(H2,24,29). The summed E-state index contributed by atoms with van der Waals surface area (Å²) in [5.74, 6) is 0.666. The van der Waals surface area contributed by atoms with Crippen LogP contribution in [0.25, 0.3) is 22.3 Å². The van der Waals surface area contributed by atoms with Crippen LogP contribution in [-0.2, 0) is 6.42 Å². The summed E-state index contributed by atoms with van der Waals surface area (Å²) in [5, 5.41) is 1.74. The third kappa shape index (κ3) is 4.49. The Hall–Kier alpha value is -2.70. The molecule has 1 fully saturated rings. The Morgan fingerprint density at radius 3 is 2.48 bits per heavy atom. The molecule has 1 saturated heterocycles. The van der Waals surface area contributed by atoms with Gasteiger partial charge in [-0.25, -0.2) is 14.8 Å². The van der Waals surface area contributed by atoms with E-state index < -0.39 is 0 Å². The molecule has 150 valence electrons. The fourth-order valence-electron chi connectivity index (χ4n) is 3.76. The summed E-state index contributed by atoms with van der Waals surface area (Å²) < 4.78 is 0. The Balaban J connectivity index is 1.50. The molecule has 0 radical (unpaired) electrons. The molecule has 0 bridgehead atoms. The summed E-state index contributed by atoms with van der Waals surface area (Å²) in [4.78, 5) is 24.9. The molecule has 1 aliphatic heterocycles. The number of para-hydroxylation sites is 1. The quantitative estimate of drug-likeness (QED) is 0.698. The highest BCUT2D eigenvalue weighted by Gasteiger charge is 2.19. The highest BCUT2D eigenvalue weighted by Crippen LogP contribution is 2.27. The number of nitrogens with two attached hydrogens (primary N) is 1. The van der Waals surface area contributed by atoms with Crippen LogP contribution in [0.15, 0.2) is 48.5 Å². The Kier molecular flexibility index (Phi) is 5.92. The first-order valence-corrected chi connectivity index (χ1v) is 10.3. The third-order valence-electron chi connectivity index (χ3n) is 5.37. The van der Waals surface area contributed by atoms with Gasteiger partial charge in [0.2, 0.25) is 0 Å². The molecule has 0 unspecified atom stereocenters. The van der Waals surface area contributed by atoms with Crippen LogP contribution in [0.2, 0.25) is 5.02 Å². The summed E-state index contributed by atoms with van der Waals surface area (Å²) in [5.41, 5.74) is 8.19. The molecule has 2 aromatic carbocycles. The maximum absolute atomic E-state index is 11.3. The summed E-state index contributed by atoms with van der Waals surface area (Å²) in [6.07, 6.45) is 1.84. The van der Waals surface area contributed by atoms with Crippen LogP contribution >= 0.6 is 11.6 Å². The van der Waals surface area contributed by atoms with E-state index in [2.05, 4.69) is 11.0 Å². The van der Waals surface area contributed by atoms with Crippen molar-refractivity contribution >= 4 is 28.5 Å². The van der Waals surface area contributed by atoms with Gasteiger partial charge >= 0.3 is 6.03 Å². The molecular weight excluding hydrogens is 386 g/mol. The molecule has 0 spiro atoms. The molecule has 2 amide bonds. The average molecular weight is 410 g/mol. The van der Waals surface area contributed by atoms with Crippen molar-refractivity contribution in [1.82, 2.24) is 19.8 Å². The molecule has 3 aromatic rings. The Labute approximate surface area is 175 Å². The maximum atomic E-state index is 11.3. The highest BCUT2D eigenvalue weighted by molar-refractivity contribution is 6.33. The molecule has 6 nitrogen and oxygen atoms in total. The van der Waals surface area contributed by atoms with Gasteiger partial charge in [-0.05, 0) is 37.6 Å². The summed E-state index contributed by atoms with van der Waals surface area (Å²) in [6.45, 7) is 4.08. The van der Waals surface area contributed by atoms with Gasteiger partial charge in [-0.2, -0.15) is 0 Å². The molecule has 4 rings (SSSR count). The molecule has 1 aliphatic rings. The van der Waals surface area contributed by atoms with Gasteiger partial charge in [-0.3, -0.25) is 4.90 Å². The second-order valence-electron chi connectivity index (χ2n) is 7.26. The van der Waals surface area contributed by atoms with Crippen LogP contribution in [0.1, 0.15) is 12.1 Å². The van der Waals surface area contributed by atoms with Gasteiger partial charge in [0.05, 0.1) is 16.2 Å². The van der Waals surface area contributed by atoms with E-state index in [4.69, 9.17) is 27.3 Å². The van der Waals surface area contributed by atoms with Crippen molar-refractivity contribution < 1.29 is 4.79 Å². The van der Waals surface area contributed by atoms with E-state index in [-0.39, 0.29) is 6.03 Å². The number of fused-ring (bicyclic) bond motifs is 1. The first-order valence-electron chi connectivity index (χ1n) is 9.89. The number of urea groups is 1. The lowest BCUT2D eigenvalue weighted by Crippen LogP contribution is -2.50. The number of aromatic nitrogens is 2. The monoisotopic (exact) mass is 409 g/mol. The maximum Gasteiger partial charge on any atom is 0.314 e. The van der Waals surface area contributed by atoms with Gasteiger partial charge in [-0.1, -0.05) is 41.9 Å². The smallest absolute Gasteiger partial charge is 0.314 e. The lowest BCUT2D eigenvalue weighted by atomic mass is 10.1. The van der Waals surface area contributed by atoms with E-state index >= 15 is 0 Å². The summed E-state index contributed by atoms with van der Waals surface area (Å²) >= 11 is 6.38. The Morgan fingerprint density at radius 1 is 1.00 bits per heavy atom. The number of hydrogen-bond donors (Lipinski definition) is 1. The van der Waals surface area contributed by atoms with E-state index in [1.807, 2.05) is 42.5 Å². The van der Waals surface area contributed by atoms with Gasteiger partial charge < -0.3 is 10.6 Å². The molecule has 29 heavy (non-hydrogen) atoms. The van der Waals surface area contributed by atoms with E-state index in [1.165, 1.54) is 0 Å². The number of aryl methyl sites for hydroxylation is 1. The van der Waals surface area contributed by atoms with Crippen LogP contribution in [0, 0.1) is 0 Å². The van der Waals surface area contributed by atoms with Gasteiger partial charge in [0.1, 0.15) is 0 Å². The fourth-order valence-corrected chi connectivity index (χ4v) is 3.98. The molecule has 0 saturated carbocycles. The lowest BCUT2D eigenvalue weighted by molar-refractivity contribution is 0.144. The lowest BCUT2D eigenvalue weighted by Gasteiger charge is -2.33. The molecule has 2 heterocycles. The van der Waals surface area contributed by atoms with Crippen molar-refractivity contribution in [2.24, 2.45) is 5.73 Å². The average Bonchev–Trinajstić information content (AvgIpc) is 2.74. The van der Waals surface area contributed by atoms with Crippen molar-refractivity contribution in [2.75, 3.05) is 32.7 Å². The summed E-state index contributed by atoms with van der Waals surface area (Å²) in [7, 11) is 0. The van der Waals surface area contributed by atoms with Crippen molar-refractivity contribution in [3.63, 3.8) is 0 Å². The number of rotatable bonds is 5. The minimum absolute atomic E-state index is 0.329. The largest absolute Gasteiger partial charge is 0.351 e. The number of carbonyl (C=O) groups excluding carboxylic acids is 1. The predicted molar refractivity (Wildman–Crippen MR) is 116 cm³/mol. The van der Waals surface area contributed by atoms with Crippen LogP contribution < -0.4 is 5.73 Å². The second-order valence-corrected chi connectivity index (χ2v) is 7.67. The van der Waals surface area contributed by atoms with Crippen molar-refractivity contribution in [1.29, 1.82) is 0 Å². The van der Waals surface area contributed by atoms with Crippen molar-refractivity contribution in [2.45, 2.75) is 12.8 Å². The predicted octanol–water partition coefficient (Wildman–Crippen LogP) is 3.58. The van der Waals surface area contributed by atoms with Crippen LogP contribution in [0.4, 0.5) is 4.79 Å². The first-order chi connectivity index (χ1) is 14.1. The zero-order chi connectivity index (χ0) is 20.2. The number of benzene rings is 2. The molecular formula is C22H24ClN5O. The first kappa shape index (κ1) is 19.6. The second kappa shape index (κ2) is 8.76. The zero-order valence-electron chi connectivity index (χ0n) is 16.2. The summed E-state index contributed by atoms with van der Waals surface area (Å²) in [6, 6.07) is 15.5. The van der Waals surface area contributed by atoms with Crippen molar-refractivity contribution in [3.8, 4) is 11.4 Å². The van der Waals surface area contributed by atoms with Crippen LogP contribution in [0.5, 0.6) is 0 Å². The molecule has 2 N–H and O–H groups in total. The van der Waals surface area contributed by atoms with E-state index in [0.29, 0.717) is 23.9 Å². The normalized spacial score (nSPS) is 15.0. The minimum atomic E-state index is -0.329. The third-order valence-corrected chi connectivity index (χ3v) is 5.70. The SMILES string of the molecule is NC(=O)N1CCN(CCCc2nc(-c3ccccc3Cl)nc3ccccc23)CC1. The Bertz CT molecular complexity index is 1020. The molecule has 0 atom stereocenters. The Morgan fingerprint density at radius 2 is 1.72 bits per heavy atom. The molecule has 7 heteroatoms. The number of halogens is 1. The van der Waals surface area contributed by atoms with Gasteiger partial charge in [-0.15, -0.1) is 0 Å². The van der Waals surface area contributed by atoms with Crippen LogP contribution in [0.3, 0.4) is 0 Å². The molecule has 1 aromatic heterocycles. The van der Waals surface area contributed by atoms with Gasteiger partial charge in [0.15, 0.2) is 5.82 Å². The van der Waals surface area contributed by atoms with E-state index in [0.717, 1.165) is 54.6 Å². The number of hydrogen-bond acceptors (Lipinski definition) is 4. The fraction of sp³-hybridized carbons (Fsp3) is 0.318. The number of nitrogens with zero attached hydrogens (tertiary/aromatic N) is 4. The topological polar surface area (TPSA) is 75.4 Å². The number of amides is 2. The highest BCUT2D eigenvalue weighted by atomic mass is 35.5. The van der Waals surface area contributed by atoms with Crippen molar-refractivity contribution in [3.05, 3.63) is 59.2 Å². The number of carbonyl (C=O) groups is 1. The number of piperazine rings is 1. The zero-order valence-corrected chi connectivity index (χ0v) is 17.0. The minimum Gasteiger partial charge on any atom is -0.351 e. The number of primary amides is 1. The molecule has 0 aliphatic carbocycles. The van der Waals surface area contributed by atoms with E-state index in [1.54, 1.807) is 4.90 Å². The van der Waals surface area contributed by atoms with Crippen LogP contribution in [-0.4, -0.2) is 58.5 Å². The van der Waals surface area contributed by atoms with E-state index in [9.17, 15) is 4.79 Å².